The molecule has 10 heteroatoms. The summed E-state index contributed by atoms with van der Waals surface area (Å²) in [5.74, 6) is -2.55. The first kappa shape index (κ1) is 21.0. The summed E-state index contributed by atoms with van der Waals surface area (Å²) in [6.07, 6.45) is -3.88. The molecule has 2 N–H and O–H groups in total. The minimum atomic E-state index is -4.85. The molecule has 1 unspecified atom stereocenters. The number of benzene rings is 1. The minimum Gasteiger partial charge on any atom is -0.481 e. The summed E-state index contributed by atoms with van der Waals surface area (Å²) in [4.78, 5) is 35.1. The van der Waals surface area contributed by atoms with Crippen molar-refractivity contribution in [1.29, 1.82) is 0 Å². The van der Waals surface area contributed by atoms with E-state index in [-0.39, 0.29) is 17.0 Å². The molecular formula is C18H17F3N2O5. The number of hydrogen-bond donors (Lipinski definition) is 2. The normalized spacial score (nSPS) is 12.3. The molecule has 1 amide bonds. The number of aliphatic carboxylic acids is 1. The van der Waals surface area contributed by atoms with E-state index < -0.39 is 36.5 Å². The van der Waals surface area contributed by atoms with Crippen molar-refractivity contribution in [2.45, 2.75) is 25.7 Å². The summed E-state index contributed by atoms with van der Waals surface area (Å²) >= 11 is 0. The van der Waals surface area contributed by atoms with Gasteiger partial charge in [-0.1, -0.05) is 12.1 Å². The van der Waals surface area contributed by atoms with Gasteiger partial charge in [0.15, 0.2) is 5.78 Å². The zero-order chi connectivity index (χ0) is 21.1. The zero-order valence-electron chi connectivity index (χ0n) is 14.9. The Morgan fingerprint density at radius 3 is 2.29 bits per heavy atom. The number of amides is 1. The third-order valence-electron chi connectivity index (χ3n) is 3.84. The van der Waals surface area contributed by atoms with Crippen molar-refractivity contribution in [3.05, 3.63) is 53.3 Å². The van der Waals surface area contributed by atoms with Crippen LogP contribution in [-0.2, 0) is 11.8 Å². The lowest BCUT2D eigenvalue weighted by molar-refractivity contribution is -0.274. The van der Waals surface area contributed by atoms with Gasteiger partial charge in [0.1, 0.15) is 11.4 Å². The average molecular weight is 398 g/mol. The van der Waals surface area contributed by atoms with Crippen LogP contribution in [0.3, 0.4) is 0 Å². The number of nitrogens with zero attached hydrogens (tertiary/aromatic N) is 1. The molecule has 1 aromatic heterocycles. The number of nitrogens with one attached hydrogen (secondary N) is 1. The molecule has 0 bridgehead atoms. The molecule has 0 aliphatic carbocycles. The molecule has 0 aliphatic heterocycles. The second-order valence-corrected chi connectivity index (χ2v) is 6.02. The predicted octanol–water partition coefficient (Wildman–Crippen LogP) is 3.07. The summed E-state index contributed by atoms with van der Waals surface area (Å²) in [5.41, 5.74) is 0.736. The lowest BCUT2D eigenvalue weighted by Crippen LogP contribution is -2.31. The lowest BCUT2D eigenvalue weighted by atomic mass is 10.0. The van der Waals surface area contributed by atoms with Gasteiger partial charge in [0.25, 0.3) is 5.91 Å². The van der Waals surface area contributed by atoms with Gasteiger partial charge in [0.2, 0.25) is 0 Å². The number of alkyl halides is 3. The molecule has 150 valence electrons. The summed E-state index contributed by atoms with van der Waals surface area (Å²) in [6.45, 7) is 1.34. The van der Waals surface area contributed by atoms with E-state index in [2.05, 4.69) is 10.1 Å². The molecular weight excluding hydrogens is 381 g/mol. The summed E-state index contributed by atoms with van der Waals surface area (Å²) < 4.78 is 41.9. The largest absolute Gasteiger partial charge is 0.573 e. The molecule has 1 aromatic carbocycles. The second-order valence-electron chi connectivity index (χ2n) is 6.02. The van der Waals surface area contributed by atoms with E-state index in [4.69, 9.17) is 5.11 Å². The summed E-state index contributed by atoms with van der Waals surface area (Å²) in [6, 6.07) is 4.90. The van der Waals surface area contributed by atoms with Crippen LogP contribution in [0.4, 0.5) is 13.2 Å². The highest BCUT2D eigenvalue weighted by Crippen LogP contribution is 2.25. The van der Waals surface area contributed by atoms with Crippen LogP contribution in [0.5, 0.6) is 5.75 Å². The van der Waals surface area contributed by atoms with Crippen LogP contribution in [-0.4, -0.2) is 33.7 Å². The molecule has 1 heterocycles. The van der Waals surface area contributed by atoms with Crippen LogP contribution < -0.4 is 10.1 Å². The molecule has 0 radical (unpaired) electrons. The molecule has 7 nitrogen and oxygen atoms in total. The van der Waals surface area contributed by atoms with Crippen LogP contribution >= 0.6 is 0 Å². The van der Waals surface area contributed by atoms with Crippen LogP contribution in [0.1, 0.15) is 45.8 Å². The maximum Gasteiger partial charge on any atom is 0.573 e. The van der Waals surface area contributed by atoms with Crippen LogP contribution in [0.15, 0.2) is 36.5 Å². The first-order valence-corrected chi connectivity index (χ1v) is 8.02. The quantitative estimate of drug-likeness (QED) is 0.699. The second kappa shape index (κ2) is 8.15. The Balaban J connectivity index is 2.23. The third-order valence-corrected chi connectivity index (χ3v) is 3.84. The molecule has 2 aromatic rings. The smallest absolute Gasteiger partial charge is 0.481 e. The zero-order valence-corrected chi connectivity index (χ0v) is 14.9. The first-order chi connectivity index (χ1) is 13.0. The number of ketones is 1. The van der Waals surface area contributed by atoms with E-state index >= 15 is 0 Å². The first-order valence-electron chi connectivity index (χ1n) is 8.02. The van der Waals surface area contributed by atoms with Crippen molar-refractivity contribution >= 4 is 17.7 Å². The van der Waals surface area contributed by atoms with E-state index in [0.717, 1.165) is 12.1 Å². The van der Waals surface area contributed by atoms with Gasteiger partial charge in [0.05, 0.1) is 12.5 Å². The number of hydrogen-bond acceptors (Lipinski definition) is 4. The van der Waals surface area contributed by atoms with Crippen molar-refractivity contribution in [2.24, 2.45) is 7.05 Å². The number of Topliss-reactive ketones (excluding diaryl/α,β-unsaturated/α-hetero) is 1. The molecule has 1 atom stereocenters. The van der Waals surface area contributed by atoms with E-state index in [1.165, 1.54) is 35.9 Å². The number of carboxylic acids is 1. The van der Waals surface area contributed by atoms with Gasteiger partial charge in [-0.2, -0.15) is 0 Å². The number of aryl methyl sites for hydroxylation is 1. The van der Waals surface area contributed by atoms with E-state index in [0.29, 0.717) is 5.56 Å². The van der Waals surface area contributed by atoms with Gasteiger partial charge in [-0.05, 0) is 30.7 Å². The van der Waals surface area contributed by atoms with Gasteiger partial charge in [-0.25, -0.2) is 0 Å². The topological polar surface area (TPSA) is 97.6 Å². The Labute approximate surface area is 157 Å². The van der Waals surface area contributed by atoms with Gasteiger partial charge >= 0.3 is 12.3 Å². The molecule has 28 heavy (non-hydrogen) atoms. The van der Waals surface area contributed by atoms with E-state index in [1.807, 2.05) is 0 Å². The average Bonchev–Trinajstić information content (AvgIpc) is 2.95. The van der Waals surface area contributed by atoms with Crippen molar-refractivity contribution in [1.82, 2.24) is 9.88 Å². The standard InChI is InChI=1S/C18H17F3N2O5/c1-10(24)12-7-15(23(2)9-12)17(27)22-14(8-16(25)26)11-3-5-13(6-4-11)28-18(19,20)21/h3-7,9,14H,8H2,1-2H3,(H,22,27)(H,25,26). The Kier molecular flexibility index (Phi) is 6.12. The van der Waals surface area contributed by atoms with E-state index in [1.54, 1.807) is 7.05 Å². The SMILES string of the molecule is CC(=O)c1cc(C(=O)NC(CC(=O)O)c2ccc(OC(F)(F)F)cc2)n(C)c1. The molecule has 0 aliphatic rings. The maximum absolute atomic E-state index is 12.5. The van der Waals surface area contributed by atoms with Gasteiger partial charge in [-0.3, -0.25) is 14.4 Å². The highest BCUT2D eigenvalue weighted by molar-refractivity contribution is 5.99. The van der Waals surface area contributed by atoms with E-state index in [9.17, 15) is 27.6 Å². The minimum absolute atomic E-state index is 0.137. The molecule has 2 rings (SSSR count). The Bertz CT molecular complexity index is 888. The Hall–Kier alpha value is -3.30. The summed E-state index contributed by atoms with van der Waals surface area (Å²) in [7, 11) is 1.55. The fraction of sp³-hybridized carbons (Fsp3) is 0.278. The number of halogens is 3. The lowest BCUT2D eigenvalue weighted by Gasteiger charge is -2.18. The fourth-order valence-electron chi connectivity index (χ4n) is 2.54. The highest BCUT2D eigenvalue weighted by Gasteiger charge is 2.31. The number of rotatable bonds is 7. The van der Waals surface area contributed by atoms with Crippen LogP contribution in [0.25, 0.3) is 0 Å². The molecule has 0 spiro atoms. The van der Waals surface area contributed by atoms with Crippen LogP contribution in [0, 0.1) is 0 Å². The third kappa shape index (κ3) is 5.60. The number of aromatic nitrogens is 1. The Morgan fingerprint density at radius 2 is 1.82 bits per heavy atom. The Morgan fingerprint density at radius 1 is 1.21 bits per heavy atom. The number of carbonyl (C=O) groups is 3. The van der Waals surface area contributed by atoms with Gasteiger partial charge in [-0.15, -0.1) is 13.2 Å². The molecule has 0 fully saturated rings. The number of carboxylic acid groups (broad SMARTS) is 1. The maximum atomic E-state index is 12.5. The van der Waals surface area contributed by atoms with Crippen molar-refractivity contribution in [3.63, 3.8) is 0 Å². The van der Waals surface area contributed by atoms with Gasteiger partial charge < -0.3 is 19.7 Å². The number of ether oxygens (including phenoxy) is 1. The van der Waals surface area contributed by atoms with Crippen molar-refractivity contribution in [2.75, 3.05) is 0 Å². The predicted molar refractivity (Wildman–Crippen MR) is 91.0 cm³/mol. The van der Waals surface area contributed by atoms with Crippen molar-refractivity contribution in [3.8, 4) is 5.75 Å². The fourth-order valence-corrected chi connectivity index (χ4v) is 2.54. The van der Waals surface area contributed by atoms with Crippen LogP contribution in [0.2, 0.25) is 0 Å². The monoisotopic (exact) mass is 398 g/mol. The molecule has 0 saturated heterocycles. The summed E-state index contributed by atoms with van der Waals surface area (Å²) in [5, 5.41) is 11.6. The number of carbonyl (C=O) groups excluding carboxylic acids is 2. The van der Waals surface area contributed by atoms with Crippen molar-refractivity contribution < 1.29 is 37.4 Å². The molecule has 0 saturated carbocycles. The van der Waals surface area contributed by atoms with Gasteiger partial charge in [0, 0.05) is 18.8 Å². The highest BCUT2D eigenvalue weighted by atomic mass is 19.4.